The molecule has 1 aromatic heterocycles. The average molecular weight is 326 g/mol. The molecule has 1 atom stereocenters. The van der Waals surface area contributed by atoms with Gasteiger partial charge in [-0.25, -0.2) is 4.98 Å². The molecule has 0 bridgehead atoms. The topological polar surface area (TPSA) is 134 Å². The van der Waals surface area contributed by atoms with Crippen molar-refractivity contribution in [3.05, 3.63) is 51.7 Å². The molecule has 0 saturated heterocycles. The van der Waals surface area contributed by atoms with Crippen LogP contribution in [0.3, 0.4) is 0 Å². The lowest BCUT2D eigenvalue weighted by atomic mass is 10.1. The predicted octanol–water partition coefficient (Wildman–Crippen LogP) is 2.43. The highest BCUT2D eigenvalue weighted by Crippen LogP contribution is 2.07. The van der Waals surface area contributed by atoms with E-state index in [-0.39, 0.29) is 0 Å². The van der Waals surface area contributed by atoms with Gasteiger partial charge in [0.25, 0.3) is 0 Å². The van der Waals surface area contributed by atoms with Crippen LogP contribution >= 0.6 is 0 Å². The van der Waals surface area contributed by atoms with Gasteiger partial charge in [-0.3, -0.25) is 0 Å². The monoisotopic (exact) mass is 326 g/mol. The fourth-order valence-electron chi connectivity index (χ4n) is 1.73. The van der Waals surface area contributed by atoms with Crippen LogP contribution in [0.2, 0.25) is 0 Å². The van der Waals surface area contributed by atoms with Crippen LogP contribution < -0.4 is 11.5 Å². The van der Waals surface area contributed by atoms with Crippen molar-refractivity contribution >= 4 is 12.3 Å². The van der Waals surface area contributed by atoms with E-state index in [2.05, 4.69) is 27.0 Å². The maximum atomic E-state index is 10.3. The Kier molecular flexibility index (Phi) is 7.71. The number of nitrogens with two attached hydrogens (primary N) is 2. The third-order valence-corrected chi connectivity index (χ3v) is 2.96. The summed E-state index contributed by atoms with van der Waals surface area (Å²) in [6.45, 7) is 3.64. The van der Waals surface area contributed by atoms with Gasteiger partial charge in [-0.2, -0.15) is 0 Å². The van der Waals surface area contributed by atoms with E-state index in [0.717, 1.165) is 19.1 Å². The zero-order chi connectivity index (χ0) is 17.9. The van der Waals surface area contributed by atoms with Crippen LogP contribution in [0.5, 0.6) is 0 Å². The number of nitrogens with zero attached hydrogens (tertiary/aromatic N) is 2. The van der Waals surface area contributed by atoms with Crippen molar-refractivity contribution < 1.29 is 0 Å². The van der Waals surface area contributed by atoms with Gasteiger partial charge in [-0.1, -0.05) is 24.4 Å². The van der Waals surface area contributed by atoms with Gasteiger partial charge in [0.1, 0.15) is 17.6 Å². The molecule has 7 nitrogen and oxygen atoms in total. The summed E-state index contributed by atoms with van der Waals surface area (Å²) in [6, 6.07) is -0.568. The molecule has 24 heavy (non-hydrogen) atoms. The largest absolute Gasteiger partial charge is 0.402 e. The third-order valence-electron chi connectivity index (χ3n) is 2.96. The minimum Gasteiger partial charge on any atom is -0.402 e. The van der Waals surface area contributed by atoms with E-state index in [0.29, 0.717) is 28.5 Å². The lowest BCUT2D eigenvalue weighted by molar-refractivity contribution is 0.892. The van der Waals surface area contributed by atoms with E-state index in [1.807, 2.05) is 6.92 Å². The molecule has 1 unspecified atom stereocenters. The molecule has 0 aliphatic heterocycles. The quantitative estimate of drug-likeness (QED) is 0.265. The van der Waals surface area contributed by atoms with Gasteiger partial charge in [-0.05, 0) is 37.5 Å². The molecule has 126 valence electrons. The molecule has 0 amide bonds. The number of imidazole rings is 1. The molecule has 0 radical (unpaired) electrons. The maximum Gasteiger partial charge on any atom is 0.150 e. The number of rotatable bonds is 7. The van der Waals surface area contributed by atoms with Gasteiger partial charge in [0.05, 0.1) is 6.20 Å². The van der Waals surface area contributed by atoms with Crippen LogP contribution in [0, 0.1) is 22.2 Å². The zero-order valence-electron chi connectivity index (χ0n) is 13.8. The van der Waals surface area contributed by atoms with Gasteiger partial charge in [-0.15, -0.1) is 4.91 Å². The number of H-pyrrole nitrogens is 1. The number of nitrogens with one attached hydrogen (secondary N) is 2. The molecule has 6 N–H and O–H groups in total. The minimum absolute atomic E-state index is 0.409. The van der Waals surface area contributed by atoms with Gasteiger partial charge >= 0.3 is 0 Å². The molecule has 1 rings (SSSR count). The molecule has 7 heteroatoms. The van der Waals surface area contributed by atoms with E-state index in [1.165, 1.54) is 0 Å². The van der Waals surface area contributed by atoms with E-state index in [4.69, 9.17) is 16.9 Å². The lowest BCUT2D eigenvalue weighted by Crippen LogP contribution is -2.03. The van der Waals surface area contributed by atoms with Crippen molar-refractivity contribution in [2.75, 3.05) is 0 Å². The van der Waals surface area contributed by atoms with Gasteiger partial charge in [0.2, 0.25) is 0 Å². The van der Waals surface area contributed by atoms with Crippen LogP contribution in [-0.4, -0.2) is 22.2 Å². The molecule has 0 aromatic carbocycles. The first-order valence-corrected chi connectivity index (χ1v) is 7.53. The second-order valence-corrected chi connectivity index (χ2v) is 5.09. The van der Waals surface area contributed by atoms with Gasteiger partial charge in [0.15, 0.2) is 0 Å². The Morgan fingerprint density at radius 3 is 2.92 bits per heavy atom. The normalized spacial score (nSPS) is 13.8. The van der Waals surface area contributed by atoms with Crippen LogP contribution in [0.4, 0.5) is 0 Å². The summed E-state index contributed by atoms with van der Waals surface area (Å²) in [7, 11) is 0. The number of aromatic nitrogens is 2. The van der Waals surface area contributed by atoms with Crippen LogP contribution in [0.15, 0.2) is 40.5 Å². The highest BCUT2D eigenvalue weighted by atomic mass is 16.3. The van der Waals surface area contributed by atoms with E-state index in [1.54, 1.807) is 31.3 Å². The summed E-state index contributed by atoms with van der Waals surface area (Å²) in [5, 5.41) is 10.2. The predicted molar refractivity (Wildman–Crippen MR) is 96.9 cm³/mol. The summed E-state index contributed by atoms with van der Waals surface area (Å²) in [5.74, 6) is 6.01. The molecular weight excluding hydrogens is 304 g/mol. The van der Waals surface area contributed by atoms with E-state index < -0.39 is 6.04 Å². The van der Waals surface area contributed by atoms with Crippen molar-refractivity contribution in [1.82, 2.24) is 9.97 Å². The number of hydrogen-bond acceptors (Lipinski definition) is 6. The number of hydrogen-bond donors (Lipinski definition) is 4. The Morgan fingerprint density at radius 2 is 2.29 bits per heavy atom. The third kappa shape index (κ3) is 6.32. The SMILES string of the molecule is CCC\C(N)=C/C(C=N)=C(N)\C=C/c1ncc(C#CC(C)N=O)[nH]1. The Morgan fingerprint density at radius 1 is 1.54 bits per heavy atom. The number of aromatic amines is 1. The van der Waals surface area contributed by atoms with Crippen molar-refractivity contribution in [2.45, 2.75) is 32.7 Å². The minimum atomic E-state index is -0.568. The van der Waals surface area contributed by atoms with Crippen molar-refractivity contribution in [1.29, 1.82) is 5.41 Å². The molecule has 0 spiro atoms. The first kappa shape index (κ1) is 18.9. The van der Waals surface area contributed by atoms with Crippen LogP contribution in [0.25, 0.3) is 6.08 Å². The van der Waals surface area contributed by atoms with Crippen molar-refractivity contribution in [3.63, 3.8) is 0 Å². The highest BCUT2D eigenvalue weighted by Gasteiger charge is 1.99. The Labute approximate surface area is 141 Å². The van der Waals surface area contributed by atoms with Crippen molar-refractivity contribution in [3.8, 4) is 11.8 Å². The van der Waals surface area contributed by atoms with Crippen LogP contribution in [-0.2, 0) is 0 Å². The summed E-state index contributed by atoms with van der Waals surface area (Å²) >= 11 is 0. The standard InChI is InChI=1S/C17H22N6O/c1-3-4-14(19)9-13(10-18)16(20)7-8-17-21-11-15(22-17)6-5-12(2)23-24/h7-12,18H,3-4,19-20H2,1-2H3,(H,21,22)/b8-7-,14-9+,16-13-,18-10?. The maximum absolute atomic E-state index is 10.3. The molecule has 1 heterocycles. The fraction of sp³-hybridized carbons (Fsp3) is 0.294. The zero-order valence-corrected chi connectivity index (χ0v) is 13.8. The highest BCUT2D eigenvalue weighted by molar-refractivity contribution is 5.82. The summed E-state index contributed by atoms with van der Waals surface area (Å²) < 4.78 is 0. The average Bonchev–Trinajstić information content (AvgIpc) is 3.03. The summed E-state index contributed by atoms with van der Waals surface area (Å²) in [5.41, 5.74) is 14.0. The Bertz CT molecular complexity index is 730. The smallest absolute Gasteiger partial charge is 0.150 e. The van der Waals surface area contributed by atoms with Crippen molar-refractivity contribution in [2.24, 2.45) is 16.6 Å². The molecule has 0 saturated carbocycles. The molecule has 0 aliphatic carbocycles. The van der Waals surface area contributed by atoms with Gasteiger partial charge in [0, 0.05) is 23.2 Å². The number of nitroso groups, excluding NO2 is 1. The fourth-order valence-corrected chi connectivity index (χ4v) is 1.73. The Balaban J connectivity index is 2.90. The van der Waals surface area contributed by atoms with Crippen LogP contribution in [0.1, 0.15) is 38.2 Å². The van der Waals surface area contributed by atoms with E-state index in [9.17, 15) is 4.91 Å². The second-order valence-electron chi connectivity index (χ2n) is 5.09. The van der Waals surface area contributed by atoms with Gasteiger partial charge < -0.3 is 21.9 Å². The first-order chi connectivity index (χ1) is 11.5. The molecule has 1 aromatic rings. The molecular formula is C17H22N6O. The second kappa shape index (κ2) is 9.79. The summed E-state index contributed by atoms with van der Waals surface area (Å²) in [4.78, 5) is 17.4. The summed E-state index contributed by atoms with van der Waals surface area (Å²) in [6.07, 6.45) is 9.41. The molecule has 0 aliphatic rings. The molecule has 0 fully saturated rings. The lowest BCUT2D eigenvalue weighted by Gasteiger charge is -2.01. The van der Waals surface area contributed by atoms with E-state index >= 15 is 0 Å². The first-order valence-electron chi connectivity index (χ1n) is 7.53. The Hall–Kier alpha value is -3.14. The number of allylic oxidation sites excluding steroid dienone is 4.